The van der Waals surface area contributed by atoms with Crippen LogP contribution in [0.25, 0.3) is 17.1 Å². The molecule has 13 heteroatoms. The molecule has 3 aromatic carbocycles. The van der Waals surface area contributed by atoms with Crippen molar-refractivity contribution in [1.82, 2.24) is 20.1 Å². The normalized spacial score (nSPS) is 15.1. The molecule has 0 spiro atoms. The summed E-state index contributed by atoms with van der Waals surface area (Å²) in [5.41, 5.74) is 4.13. The van der Waals surface area contributed by atoms with Crippen molar-refractivity contribution in [2.45, 2.75) is 39.5 Å². The fraction of sp³-hybridized carbons (Fsp3) is 0.281. The molecule has 1 aromatic heterocycles. The second-order valence-corrected chi connectivity index (χ2v) is 11.8. The maximum absolute atomic E-state index is 12.7. The van der Waals surface area contributed by atoms with E-state index in [4.69, 9.17) is 0 Å². The van der Waals surface area contributed by atoms with Crippen LogP contribution in [0.15, 0.2) is 84.1 Å². The number of carbonyl (C=O) groups excluding carboxylic acids is 2. The summed E-state index contributed by atoms with van der Waals surface area (Å²) in [6.07, 6.45) is -2.57. The number of carbonyl (C=O) groups is 2. The Bertz CT molecular complexity index is 1690. The van der Waals surface area contributed by atoms with Crippen molar-refractivity contribution in [1.29, 1.82) is 0 Å². The maximum atomic E-state index is 12.7. The van der Waals surface area contributed by atoms with Gasteiger partial charge in [-0.05, 0) is 59.7 Å². The number of rotatable bonds is 9. The van der Waals surface area contributed by atoms with Crippen LogP contribution in [-0.4, -0.2) is 50.5 Å². The van der Waals surface area contributed by atoms with E-state index in [9.17, 15) is 22.8 Å². The average Bonchev–Trinajstić information content (AvgIpc) is 3.63. The number of amides is 3. The number of para-hydroxylation sites is 1. The van der Waals surface area contributed by atoms with E-state index in [-0.39, 0.29) is 29.2 Å². The van der Waals surface area contributed by atoms with Crippen LogP contribution < -0.4 is 15.0 Å². The third kappa shape index (κ3) is 8.09. The Morgan fingerprint density at radius 2 is 1.76 bits per heavy atom. The molecule has 3 amide bonds. The van der Waals surface area contributed by atoms with E-state index < -0.39 is 12.4 Å². The van der Waals surface area contributed by atoms with Crippen molar-refractivity contribution >= 4 is 34.6 Å². The van der Waals surface area contributed by atoms with E-state index in [0.29, 0.717) is 29.6 Å². The number of nitrogens with one attached hydrogen (secondary N) is 1. The largest absolute Gasteiger partial charge is 0.573 e. The predicted molar refractivity (Wildman–Crippen MR) is 168 cm³/mol. The van der Waals surface area contributed by atoms with E-state index in [1.807, 2.05) is 55.5 Å². The quantitative estimate of drug-likeness (QED) is 0.213. The van der Waals surface area contributed by atoms with Crippen LogP contribution in [0, 0.1) is 5.92 Å². The molecule has 9 nitrogen and oxygen atoms in total. The molecule has 45 heavy (non-hydrogen) atoms. The molecule has 1 aliphatic heterocycles. The minimum absolute atomic E-state index is 0.105. The number of hydrogen-bond donors (Lipinski definition) is 1. The van der Waals surface area contributed by atoms with Crippen LogP contribution in [0.3, 0.4) is 0 Å². The van der Waals surface area contributed by atoms with Crippen LogP contribution in [0.5, 0.6) is 5.75 Å². The van der Waals surface area contributed by atoms with Gasteiger partial charge in [0.15, 0.2) is 11.0 Å². The van der Waals surface area contributed by atoms with Crippen molar-refractivity contribution in [2.75, 3.05) is 17.2 Å². The molecule has 1 N–H and O–H groups in total. The predicted octanol–water partition coefficient (Wildman–Crippen LogP) is 6.98. The minimum atomic E-state index is -4.75. The summed E-state index contributed by atoms with van der Waals surface area (Å²) in [5, 5.41) is 7.67. The number of aromatic nitrogens is 3. The van der Waals surface area contributed by atoms with Gasteiger partial charge in [0, 0.05) is 12.1 Å². The molecule has 1 fully saturated rings. The highest BCUT2D eigenvalue weighted by Gasteiger charge is 2.32. The van der Waals surface area contributed by atoms with E-state index in [0.717, 1.165) is 22.4 Å². The van der Waals surface area contributed by atoms with Crippen molar-refractivity contribution < 1.29 is 27.5 Å². The summed E-state index contributed by atoms with van der Waals surface area (Å²) in [6.45, 7) is 6.54. The monoisotopic (exact) mass is 636 g/mol. The lowest BCUT2D eigenvalue weighted by molar-refractivity contribution is -0.274. The maximum Gasteiger partial charge on any atom is 0.573 e. The molecule has 1 atom stereocenters. The average molecular weight is 637 g/mol. The van der Waals surface area contributed by atoms with E-state index in [2.05, 4.69) is 39.0 Å². The highest BCUT2D eigenvalue weighted by Crippen LogP contribution is 2.33. The number of ether oxygens (including phenoxy) is 1. The lowest BCUT2D eigenvalue weighted by atomic mass is 10.00. The fourth-order valence-corrected chi connectivity index (χ4v) is 5.69. The molecule has 1 saturated heterocycles. The molecular weight excluding hydrogens is 605 g/mol. The van der Waals surface area contributed by atoms with E-state index >= 15 is 0 Å². The van der Waals surface area contributed by atoms with Gasteiger partial charge in [0.1, 0.15) is 12.1 Å². The molecule has 2 heterocycles. The number of hydrogen-bond acceptors (Lipinski definition) is 6. The first-order valence-electron chi connectivity index (χ1n) is 14.2. The van der Waals surface area contributed by atoms with Crippen LogP contribution in [0.4, 0.5) is 23.7 Å². The summed E-state index contributed by atoms with van der Waals surface area (Å²) in [5.74, 6) is 0.585. The number of nitrogens with zero attached hydrogens (tertiary/aromatic N) is 5. The third-order valence-electron chi connectivity index (χ3n) is 6.99. The number of urea groups is 1. The van der Waals surface area contributed by atoms with Crippen molar-refractivity contribution in [3.63, 3.8) is 0 Å². The van der Waals surface area contributed by atoms with Crippen LogP contribution in [0.2, 0.25) is 0 Å². The molecule has 0 saturated carbocycles. The summed E-state index contributed by atoms with van der Waals surface area (Å²) in [7, 11) is 0. The second-order valence-electron chi connectivity index (χ2n) is 10.9. The lowest BCUT2D eigenvalue weighted by Gasteiger charge is -2.21. The number of thioether (sulfide) groups is 1. The van der Waals surface area contributed by atoms with Crippen molar-refractivity contribution in [3.05, 3.63) is 90.3 Å². The molecule has 234 valence electrons. The lowest BCUT2D eigenvalue weighted by Crippen LogP contribution is -2.33. The molecule has 1 unspecified atom stereocenters. The second kappa shape index (κ2) is 13.6. The van der Waals surface area contributed by atoms with Gasteiger partial charge in [-0.1, -0.05) is 75.0 Å². The SMILES string of the molecule is CC(CNC(=O)N=C1SCC(=O)N1c1ccccc1C(C)C)Cc1ccc(-c2ncn(-c3ccc(OC(F)(F)F)cc3)n2)cc1. The smallest absolute Gasteiger partial charge is 0.406 e. The van der Waals surface area contributed by atoms with Gasteiger partial charge in [-0.15, -0.1) is 18.3 Å². The number of halogens is 3. The van der Waals surface area contributed by atoms with Crippen molar-refractivity contribution in [3.8, 4) is 22.8 Å². The molecule has 5 rings (SSSR count). The van der Waals surface area contributed by atoms with Gasteiger partial charge in [0.25, 0.3) is 0 Å². The summed E-state index contributed by atoms with van der Waals surface area (Å²) >= 11 is 1.25. The minimum Gasteiger partial charge on any atom is -0.406 e. The molecule has 4 aromatic rings. The summed E-state index contributed by atoms with van der Waals surface area (Å²) in [6, 6.07) is 20.2. The topological polar surface area (TPSA) is 102 Å². The number of amidine groups is 1. The summed E-state index contributed by atoms with van der Waals surface area (Å²) in [4.78, 5) is 35.5. The molecule has 1 aliphatic rings. The van der Waals surface area contributed by atoms with Gasteiger partial charge in [0.2, 0.25) is 5.91 Å². The van der Waals surface area contributed by atoms with Gasteiger partial charge in [-0.2, -0.15) is 4.99 Å². The number of anilines is 1. The Morgan fingerprint density at radius 3 is 2.44 bits per heavy atom. The van der Waals surface area contributed by atoms with Gasteiger partial charge in [-0.25, -0.2) is 14.5 Å². The van der Waals surface area contributed by atoms with Gasteiger partial charge >= 0.3 is 12.4 Å². The molecular formula is C32H31F3N6O3S. The number of benzene rings is 3. The van der Waals surface area contributed by atoms with Gasteiger partial charge < -0.3 is 10.1 Å². The molecule has 0 radical (unpaired) electrons. The Labute approximate surface area is 262 Å². The Balaban J connectivity index is 1.15. The zero-order valence-electron chi connectivity index (χ0n) is 24.8. The first-order valence-corrected chi connectivity index (χ1v) is 15.2. The Kier molecular flexibility index (Phi) is 9.57. The first-order chi connectivity index (χ1) is 21.5. The third-order valence-corrected chi connectivity index (χ3v) is 7.91. The van der Waals surface area contributed by atoms with E-state index in [1.165, 1.54) is 51.9 Å². The Morgan fingerprint density at radius 1 is 1.04 bits per heavy atom. The Hall–Kier alpha value is -4.65. The fourth-order valence-electron chi connectivity index (χ4n) is 4.83. The molecule has 0 aliphatic carbocycles. The zero-order valence-corrected chi connectivity index (χ0v) is 25.6. The van der Waals surface area contributed by atoms with Crippen LogP contribution >= 0.6 is 11.8 Å². The highest BCUT2D eigenvalue weighted by atomic mass is 32.2. The number of aliphatic imine (C=N–C) groups is 1. The first kappa shape index (κ1) is 31.8. The standard InChI is InChI=1S/C32H31F3N6O3S/c1-20(2)26-6-4-5-7-27(26)41-28(42)18-45-31(41)38-30(43)36-17-21(3)16-22-8-10-23(11-9-22)29-37-19-40(39-29)24-12-14-25(15-13-24)44-32(33,34)35/h4-15,19-21H,16-18H2,1-3H3,(H,36,43). The molecule has 0 bridgehead atoms. The van der Waals surface area contributed by atoms with E-state index in [1.54, 1.807) is 0 Å². The van der Waals surface area contributed by atoms with Crippen molar-refractivity contribution in [2.24, 2.45) is 10.9 Å². The zero-order chi connectivity index (χ0) is 32.1. The summed E-state index contributed by atoms with van der Waals surface area (Å²) < 4.78 is 42.6. The van der Waals surface area contributed by atoms with Gasteiger partial charge in [-0.3, -0.25) is 9.69 Å². The van der Waals surface area contributed by atoms with Crippen LogP contribution in [0.1, 0.15) is 37.8 Å². The van der Waals surface area contributed by atoms with Gasteiger partial charge in [0.05, 0.1) is 17.1 Å². The highest BCUT2D eigenvalue weighted by molar-refractivity contribution is 8.15. The van der Waals surface area contributed by atoms with Crippen LogP contribution in [-0.2, 0) is 11.2 Å². The number of alkyl halides is 3.